The third kappa shape index (κ3) is 3.93. The van der Waals surface area contributed by atoms with Crippen molar-refractivity contribution in [3.8, 4) is 0 Å². The second-order valence-electron chi connectivity index (χ2n) is 6.55. The Morgan fingerprint density at radius 1 is 1.19 bits per heavy atom. The largest absolute Gasteiger partial charge is 0.462 e. The summed E-state index contributed by atoms with van der Waals surface area (Å²) in [5, 5.41) is 10.5. The lowest BCUT2D eigenvalue weighted by atomic mass is 10.0. The molecule has 2 aromatic carbocycles. The molecule has 0 amide bonds. The zero-order valence-corrected chi connectivity index (χ0v) is 15.5. The molecule has 0 unspecified atom stereocenters. The summed E-state index contributed by atoms with van der Waals surface area (Å²) in [6.45, 7) is 3.67. The van der Waals surface area contributed by atoms with E-state index in [2.05, 4.69) is 0 Å². The lowest BCUT2D eigenvalue weighted by Gasteiger charge is -2.22. The van der Waals surface area contributed by atoms with Crippen LogP contribution in [0.25, 0.3) is 10.9 Å². The lowest BCUT2D eigenvalue weighted by Crippen LogP contribution is -2.25. The Labute approximate surface area is 157 Å². The predicted molar refractivity (Wildman–Crippen MR) is 105 cm³/mol. The average molecular weight is 365 g/mol. The minimum atomic E-state index is -0.643. The summed E-state index contributed by atoms with van der Waals surface area (Å²) in [6, 6.07) is 15.0. The molecule has 0 spiro atoms. The molecular weight excluding hydrogens is 342 g/mol. The number of fused-ring (bicyclic) bond motifs is 1. The van der Waals surface area contributed by atoms with Crippen LogP contribution in [0.1, 0.15) is 34.5 Å². The fourth-order valence-electron chi connectivity index (χ4n) is 3.26. The standard InChI is InChI=1S/C22H23NO4/c1-3-27-22(26)19-13-23(17(14-24)12-16-7-5-4-6-8-16)20-10-9-15(2)11-18(20)21(19)25/h4-11,13,17,24H,3,12,14H2,1-2H3/t17-/m0/s1. The molecule has 3 aromatic rings. The molecule has 0 saturated carbocycles. The van der Waals surface area contributed by atoms with Crippen molar-refractivity contribution in [3.63, 3.8) is 0 Å². The molecule has 3 rings (SSSR count). The minimum Gasteiger partial charge on any atom is -0.462 e. The van der Waals surface area contributed by atoms with Crippen molar-refractivity contribution in [2.24, 2.45) is 0 Å². The lowest BCUT2D eigenvalue weighted by molar-refractivity contribution is 0.0523. The van der Waals surface area contributed by atoms with Crippen LogP contribution < -0.4 is 5.43 Å². The van der Waals surface area contributed by atoms with Gasteiger partial charge in [-0.1, -0.05) is 42.0 Å². The van der Waals surface area contributed by atoms with E-state index in [0.29, 0.717) is 17.3 Å². The van der Waals surface area contributed by atoms with Gasteiger partial charge < -0.3 is 14.4 Å². The quantitative estimate of drug-likeness (QED) is 0.681. The summed E-state index contributed by atoms with van der Waals surface area (Å²) in [4.78, 5) is 25.2. The Hall–Kier alpha value is -2.92. The number of benzene rings is 2. The first-order valence-corrected chi connectivity index (χ1v) is 9.02. The average Bonchev–Trinajstić information content (AvgIpc) is 2.68. The number of nitrogens with zero attached hydrogens (tertiary/aromatic N) is 1. The summed E-state index contributed by atoms with van der Waals surface area (Å²) in [5.41, 5.74) is 2.32. The number of rotatable bonds is 6. The molecule has 0 aliphatic rings. The summed E-state index contributed by atoms with van der Waals surface area (Å²) in [7, 11) is 0. The Morgan fingerprint density at radius 3 is 2.59 bits per heavy atom. The summed E-state index contributed by atoms with van der Waals surface area (Å²) in [6.07, 6.45) is 2.09. The zero-order chi connectivity index (χ0) is 19.4. The predicted octanol–water partition coefficient (Wildman–Crippen LogP) is 3.26. The SMILES string of the molecule is CCOC(=O)c1cn([C@H](CO)Cc2ccccc2)c2ccc(C)cc2c1=O. The molecule has 5 nitrogen and oxygen atoms in total. The van der Waals surface area contributed by atoms with Gasteiger partial charge in [-0.05, 0) is 38.0 Å². The number of carbonyl (C=O) groups is 1. The molecule has 27 heavy (non-hydrogen) atoms. The first-order chi connectivity index (χ1) is 13.0. The van der Waals surface area contributed by atoms with Gasteiger partial charge in [0.2, 0.25) is 5.43 Å². The Balaban J connectivity index is 2.19. The van der Waals surface area contributed by atoms with Crippen molar-refractivity contribution in [3.05, 3.63) is 81.6 Å². The molecule has 5 heteroatoms. The fraction of sp³-hybridized carbons (Fsp3) is 0.273. The van der Waals surface area contributed by atoms with Crippen LogP contribution in [0.4, 0.5) is 0 Å². The summed E-state index contributed by atoms with van der Waals surface area (Å²) in [5.74, 6) is -0.643. The number of aliphatic hydroxyl groups excluding tert-OH is 1. The van der Waals surface area contributed by atoms with Crippen molar-refractivity contribution >= 4 is 16.9 Å². The maximum atomic E-state index is 12.8. The molecule has 1 aromatic heterocycles. The van der Waals surface area contributed by atoms with Crippen LogP contribution in [0.15, 0.2) is 59.5 Å². The van der Waals surface area contributed by atoms with E-state index >= 15 is 0 Å². The van der Waals surface area contributed by atoms with Crippen LogP contribution in [-0.2, 0) is 11.2 Å². The molecule has 140 valence electrons. The number of pyridine rings is 1. The van der Waals surface area contributed by atoms with Crippen LogP contribution >= 0.6 is 0 Å². The van der Waals surface area contributed by atoms with Gasteiger partial charge in [-0.2, -0.15) is 0 Å². The third-order valence-corrected chi connectivity index (χ3v) is 4.60. The minimum absolute atomic E-state index is 0.0125. The second-order valence-corrected chi connectivity index (χ2v) is 6.55. The zero-order valence-electron chi connectivity index (χ0n) is 15.5. The highest BCUT2D eigenvalue weighted by Gasteiger charge is 2.20. The number of aliphatic hydroxyl groups is 1. The monoisotopic (exact) mass is 365 g/mol. The summed E-state index contributed by atoms with van der Waals surface area (Å²) < 4.78 is 6.87. The van der Waals surface area contributed by atoms with Gasteiger partial charge in [0.05, 0.1) is 24.8 Å². The first-order valence-electron chi connectivity index (χ1n) is 9.02. The second kappa shape index (κ2) is 8.18. The van der Waals surface area contributed by atoms with Gasteiger partial charge in [0.15, 0.2) is 0 Å². The van der Waals surface area contributed by atoms with Crippen molar-refractivity contribution in [1.82, 2.24) is 4.57 Å². The normalized spacial score (nSPS) is 12.1. The van der Waals surface area contributed by atoms with Crippen LogP contribution in [0, 0.1) is 6.92 Å². The van der Waals surface area contributed by atoms with Gasteiger partial charge >= 0.3 is 5.97 Å². The molecule has 0 radical (unpaired) electrons. The van der Waals surface area contributed by atoms with E-state index in [-0.39, 0.29) is 30.2 Å². The molecule has 0 saturated heterocycles. The molecule has 0 aliphatic heterocycles. The highest BCUT2D eigenvalue weighted by Crippen LogP contribution is 2.22. The van der Waals surface area contributed by atoms with E-state index in [9.17, 15) is 14.7 Å². The van der Waals surface area contributed by atoms with E-state index in [1.54, 1.807) is 13.0 Å². The molecule has 0 fully saturated rings. The number of aromatic nitrogens is 1. The molecule has 1 N–H and O–H groups in total. The highest BCUT2D eigenvalue weighted by molar-refractivity contribution is 5.94. The highest BCUT2D eigenvalue weighted by atomic mass is 16.5. The van der Waals surface area contributed by atoms with Crippen molar-refractivity contribution in [1.29, 1.82) is 0 Å². The molecule has 1 atom stereocenters. The van der Waals surface area contributed by atoms with Crippen molar-refractivity contribution in [2.75, 3.05) is 13.2 Å². The Morgan fingerprint density at radius 2 is 1.93 bits per heavy atom. The number of hydrogen-bond donors (Lipinski definition) is 1. The van der Waals surface area contributed by atoms with Gasteiger partial charge in [-0.25, -0.2) is 4.79 Å². The maximum Gasteiger partial charge on any atom is 0.343 e. The van der Waals surface area contributed by atoms with E-state index in [0.717, 1.165) is 11.1 Å². The van der Waals surface area contributed by atoms with Crippen LogP contribution in [0.3, 0.4) is 0 Å². The van der Waals surface area contributed by atoms with E-state index in [1.165, 1.54) is 6.20 Å². The van der Waals surface area contributed by atoms with E-state index < -0.39 is 5.97 Å². The van der Waals surface area contributed by atoms with Gasteiger partial charge in [-0.3, -0.25) is 4.79 Å². The number of carbonyl (C=O) groups excluding carboxylic acids is 1. The van der Waals surface area contributed by atoms with Crippen LogP contribution in [0.2, 0.25) is 0 Å². The van der Waals surface area contributed by atoms with Crippen LogP contribution in [0.5, 0.6) is 0 Å². The number of esters is 1. The number of aryl methyl sites for hydroxylation is 1. The van der Waals surface area contributed by atoms with Gasteiger partial charge in [0.1, 0.15) is 5.56 Å². The number of hydrogen-bond acceptors (Lipinski definition) is 4. The van der Waals surface area contributed by atoms with E-state index in [1.807, 2.05) is 54.0 Å². The molecule has 0 bridgehead atoms. The van der Waals surface area contributed by atoms with Gasteiger partial charge in [0.25, 0.3) is 0 Å². The van der Waals surface area contributed by atoms with Crippen molar-refractivity contribution in [2.45, 2.75) is 26.3 Å². The smallest absolute Gasteiger partial charge is 0.343 e. The fourth-order valence-corrected chi connectivity index (χ4v) is 3.26. The van der Waals surface area contributed by atoms with Gasteiger partial charge in [0, 0.05) is 11.6 Å². The topological polar surface area (TPSA) is 68.5 Å². The third-order valence-electron chi connectivity index (χ3n) is 4.60. The molecule has 0 aliphatic carbocycles. The van der Waals surface area contributed by atoms with Crippen molar-refractivity contribution < 1.29 is 14.6 Å². The summed E-state index contributed by atoms with van der Waals surface area (Å²) >= 11 is 0. The first kappa shape index (κ1) is 18.9. The maximum absolute atomic E-state index is 12.8. The molecular formula is C22H23NO4. The Bertz CT molecular complexity index is 1010. The van der Waals surface area contributed by atoms with Gasteiger partial charge in [-0.15, -0.1) is 0 Å². The Kier molecular flexibility index (Phi) is 5.72. The molecule has 1 heterocycles. The van der Waals surface area contributed by atoms with Crippen LogP contribution in [-0.4, -0.2) is 28.9 Å². The van der Waals surface area contributed by atoms with E-state index in [4.69, 9.17) is 4.74 Å². The number of ether oxygens (including phenoxy) is 1.